The van der Waals surface area contributed by atoms with Crippen LogP contribution in [-0.2, 0) is 0 Å². The van der Waals surface area contributed by atoms with Crippen LogP contribution in [0.15, 0.2) is 24.5 Å². The number of piperidine rings is 1. The van der Waals surface area contributed by atoms with Crippen LogP contribution in [0.5, 0.6) is 0 Å². The van der Waals surface area contributed by atoms with Crippen LogP contribution in [0.4, 0.5) is 5.82 Å². The minimum Gasteiger partial charge on any atom is -0.352 e. The first-order chi connectivity index (χ1) is 8.38. The van der Waals surface area contributed by atoms with Crippen molar-refractivity contribution in [2.45, 2.75) is 25.3 Å². The molecule has 17 heavy (non-hydrogen) atoms. The number of aromatic nitrogens is 3. The van der Waals surface area contributed by atoms with E-state index < -0.39 is 0 Å². The Morgan fingerprint density at radius 2 is 2.29 bits per heavy atom. The van der Waals surface area contributed by atoms with Crippen molar-refractivity contribution in [3.8, 4) is 0 Å². The van der Waals surface area contributed by atoms with Crippen LogP contribution in [0.1, 0.15) is 19.3 Å². The van der Waals surface area contributed by atoms with Crippen LogP contribution in [0.3, 0.4) is 0 Å². The number of alkyl halides is 1. The molecule has 4 nitrogen and oxygen atoms in total. The van der Waals surface area contributed by atoms with Crippen molar-refractivity contribution in [3.05, 3.63) is 24.5 Å². The highest BCUT2D eigenvalue weighted by molar-refractivity contribution is 6.18. The SMILES string of the molecule is ClCC1CCCCN1c1ccn2nccc2n1. The van der Waals surface area contributed by atoms with Crippen LogP contribution in [0.25, 0.3) is 5.65 Å². The predicted octanol–water partition coefficient (Wildman–Crippen LogP) is 2.33. The molecule has 0 aromatic carbocycles. The molecule has 3 heterocycles. The Morgan fingerprint density at radius 3 is 3.18 bits per heavy atom. The lowest BCUT2D eigenvalue weighted by Crippen LogP contribution is -2.41. The largest absolute Gasteiger partial charge is 0.352 e. The van der Waals surface area contributed by atoms with E-state index in [1.165, 1.54) is 12.8 Å². The summed E-state index contributed by atoms with van der Waals surface area (Å²) in [5, 5.41) is 4.15. The molecule has 0 radical (unpaired) electrons. The lowest BCUT2D eigenvalue weighted by atomic mass is 10.0. The molecule has 1 atom stereocenters. The first-order valence-electron chi connectivity index (χ1n) is 6.01. The summed E-state index contributed by atoms with van der Waals surface area (Å²) in [6, 6.07) is 4.36. The average molecular weight is 251 g/mol. The van der Waals surface area contributed by atoms with Crippen molar-refractivity contribution in [1.29, 1.82) is 0 Å². The second-order valence-electron chi connectivity index (χ2n) is 4.42. The Kier molecular flexibility index (Phi) is 2.89. The van der Waals surface area contributed by atoms with E-state index in [9.17, 15) is 0 Å². The van der Waals surface area contributed by atoms with E-state index in [1.54, 1.807) is 10.7 Å². The van der Waals surface area contributed by atoms with Crippen LogP contribution in [0, 0.1) is 0 Å². The summed E-state index contributed by atoms with van der Waals surface area (Å²) in [6.45, 7) is 1.05. The molecule has 2 aromatic heterocycles. The first kappa shape index (κ1) is 10.8. The molecule has 0 amide bonds. The fraction of sp³-hybridized carbons (Fsp3) is 0.500. The molecule has 0 aliphatic carbocycles. The minimum absolute atomic E-state index is 0.420. The van der Waals surface area contributed by atoms with Gasteiger partial charge in [-0.05, 0) is 25.3 Å². The monoisotopic (exact) mass is 250 g/mol. The zero-order chi connectivity index (χ0) is 11.7. The van der Waals surface area contributed by atoms with Crippen molar-refractivity contribution >= 4 is 23.1 Å². The van der Waals surface area contributed by atoms with Crippen molar-refractivity contribution in [2.24, 2.45) is 0 Å². The molecule has 1 fully saturated rings. The van der Waals surface area contributed by atoms with Gasteiger partial charge in [0, 0.05) is 30.7 Å². The number of anilines is 1. The van der Waals surface area contributed by atoms with Gasteiger partial charge in [0.15, 0.2) is 5.65 Å². The number of hydrogen-bond acceptors (Lipinski definition) is 3. The second kappa shape index (κ2) is 4.53. The van der Waals surface area contributed by atoms with Gasteiger partial charge in [-0.2, -0.15) is 5.10 Å². The topological polar surface area (TPSA) is 33.4 Å². The maximum Gasteiger partial charge on any atom is 0.157 e. The summed E-state index contributed by atoms with van der Waals surface area (Å²) in [4.78, 5) is 6.95. The lowest BCUT2D eigenvalue weighted by molar-refractivity contribution is 0.484. The summed E-state index contributed by atoms with van der Waals surface area (Å²) in [6.07, 6.45) is 7.37. The fourth-order valence-corrected chi connectivity index (χ4v) is 2.75. The molecule has 5 heteroatoms. The molecule has 0 N–H and O–H groups in total. The predicted molar refractivity (Wildman–Crippen MR) is 68.7 cm³/mol. The number of rotatable bonds is 2. The third-order valence-corrected chi connectivity index (χ3v) is 3.70. The fourth-order valence-electron chi connectivity index (χ4n) is 2.43. The van der Waals surface area contributed by atoms with Gasteiger partial charge in [-0.15, -0.1) is 11.6 Å². The molecule has 1 aliphatic heterocycles. The third kappa shape index (κ3) is 1.97. The molecular weight excluding hydrogens is 236 g/mol. The van der Waals surface area contributed by atoms with Crippen LogP contribution in [0.2, 0.25) is 0 Å². The summed E-state index contributed by atoms with van der Waals surface area (Å²) < 4.78 is 1.78. The van der Waals surface area contributed by atoms with Crippen LogP contribution < -0.4 is 4.90 Å². The van der Waals surface area contributed by atoms with Crippen molar-refractivity contribution in [1.82, 2.24) is 14.6 Å². The van der Waals surface area contributed by atoms with E-state index >= 15 is 0 Å². The molecule has 90 valence electrons. The van der Waals surface area contributed by atoms with E-state index in [2.05, 4.69) is 15.0 Å². The van der Waals surface area contributed by atoms with E-state index in [1.807, 2.05) is 18.3 Å². The molecule has 1 saturated heterocycles. The summed E-state index contributed by atoms with van der Waals surface area (Å²) in [5.41, 5.74) is 0.890. The van der Waals surface area contributed by atoms with Gasteiger partial charge in [0.05, 0.1) is 6.20 Å². The minimum atomic E-state index is 0.420. The summed E-state index contributed by atoms with van der Waals surface area (Å²) in [5.74, 6) is 1.69. The van der Waals surface area contributed by atoms with Gasteiger partial charge in [-0.1, -0.05) is 0 Å². The standard InChI is InChI=1S/C12H15ClN4/c13-9-10-3-1-2-7-16(10)11-5-8-17-12(15-11)4-6-14-17/h4-6,8,10H,1-3,7,9H2. The third-order valence-electron chi connectivity index (χ3n) is 3.34. The van der Waals surface area contributed by atoms with Gasteiger partial charge < -0.3 is 4.90 Å². The quantitative estimate of drug-likeness (QED) is 0.767. The van der Waals surface area contributed by atoms with E-state index in [-0.39, 0.29) is 0 Å². The maximum atomic E-state index is 6.04. The molecule has 1 aliphatic rings. The number of nitrogens with zero attached hydrogens (tertiary/aromatic N) is 4. The van der Waals surface area contributed by atoms with Gasteiger partial charge in [0.25, 0.3) is 0 Å². The summed E-state index contributed by atoms with van der Waals surface area (Å²) >= 11 is 6.04. The van der Waals surface area contributed by atoms with Crippen LogP contribution in [-0.4, -0.2) is 33.1 Å². The molecular formula is C12H15ClN4. The molecule has 0 bridgehead atoms. The Morgan fingerprint density at radius 1 is 1.35 bits per heavy atom. The van der Waals surface area contributed by atoms with E-state index in [0.29, 0.717) is 11.9 Å². The molecule has 2 aromatic rings. The van der Waals surface area contributed by atoms with Crippen molar-refractivity contribution in [3.63, 3.8) is 0 Å². The second-order valence-corrected chi connectivity index (χ2v) is 4.73. The van der Waals surface area contributed by atoms with Gasteiger partial charge in [-0.25, -0.2) is 9.50 Å². The van der Waals surface area contributed by atoms with Gasteiger partial charge in [-0.3, -0.25) is 0 Å². The van der Waals surface area contributed by atoms with Crippen LogP contribution >= 0.6 is 11.6 Å². The normalized spacial score (nSPS) is 21.0. The smallest absolute Gasteiger partial charge is 0.157 e. The Bertz CT molecular complexity index is 510. The highest BCUT2D eigenvalue weighted by atomic mass is 35.5. The average Bonchev–Trinajstić information content (AvgIpc) is 2.85. The Hall–Kier alpha value is -1.29. The Labute approximate surface area is 105 Å². The van der Waals surface area contributed by atoms with E-state index in [0.717, 1.165) is 24.4 Å². The highest BCUT2D eigenvalue weighted by Crippen LogP contribution is 2.24. The Balaban J connectivity index is 1.95. The van der Waals surface area contributed by atoms with Crippen molar-refractivity contribution < 1.29 is 0 Å². The van der Waals surface area contributed by atoms with Gasteiger partial charge in [0.2, 0.25) is 0 Å². The summed E-state index contributed by atoms with van der Waals surface area (Å²) in [7, 11) is 0. The molecule has 1 unspecified atom stereocenters. The molecule has 0 spiro atoms. The molecule has 3 rings (SSSR count). The lowest BCUT2D eigenvalue weighted by Gasteiger charge is -2.35. The highest BCUT2D eigenvalue weighted by Gasteiger charge is 2.22. The maximum absolute atomic E-state index is 6.04. The van der Waals surface area contributed by atoms with Gasteiger partial charge >= 0.3 is 0 Å². The number of fused-ring (bicyclic) bond motifs is 1. The van der Waals surface area contributed by atoms with E-state index in [4.69, 9.17) is 11.6 Å². The zero-order valence-corrected chi connectivity index (χ0v) is 10.3. The van der Waals surface area contributed by atoms with Gasteiger partial charge in [0.1, 0.15) is 5.82 Å². The molecule has 0 saturated carbocycles. The number of hydrogen-bond donors (Lipinski definition) is 0. The number of halogens is 1. The van der Waals surface area contributed by atoms with Crippen molar-refractivity contribution in [2.75, 3.05) is 17.3 Å². The first-order valence-corrected chi connectivity index (χ1v) is 6.55. The zero-order valence-electron chi connectivity index (χ0n) is 9.59.